The first-order chi connectivity index (χ1) is 18.8. The summed E-state index contributed by atoms with van der Waals surface area (Å²) >= 11 is 0. The van der Waals surface area contributed by atoms with Gasteiger partial charge in [0.2, 0.25) is 0 Å². The molecule has 11 nitrogen and oxygen atoms in total. The predicted octanol–water partition coefficient (Wildman–Crippen LogP) is 4.56. The number of benzene rings is 2. The molecule has 4 rings (SSSR count). The Morgan fingerprint density at radius 3 is 2.38 bits per heavy atom. The van der Waals surface area contributed by atoms with Gasteiger partial charge in [-0.25, -0.2) is 19.7 Å². The number of amides is 2. The molecule has 0 unspecified atom stereocenters. The molecule has 3 N–H and O–H groups in total. The van der Waals surface area contributed by atoms with Crippen LogP contribution in [0, 0.1) is 0 Å². The van der Waals surface area contributed by atoms with E-state index in [0.29, 0.717) is 35.9 Å². The van der Waals surface area contributed by atoms with Crippen molar-refractivity contribution < 1.29 is 32.2 Å². The lowest BCUT2D eigenvalue weighted by molar-refractivity contribution is -0.139. The fourth-order valence-electron chi connectivity index (χ4n) is 3.62. The summed E-state index contributed by atoms with van der Waals surface area (Å²) in [6.45, 7) is 0.701. The Kier molecular flexibility index (Phi) is 8.78. The van der Waals surface area contributed by atoms with Crippen LogP contribution < -0.4 is 20.7 Å². The number of aromatic nitrogens is 4. The van der Waals surface area contributed by atoms with Crippen LogP contribution in [0.3, 0.4) is 0 Å². The first-order valence-electron chi connectivity index (χ1n) is 11.7. The van der Waals surface area contributed by atoms with E-state index in [1.54, 1.807) is 42.2 Å². The molecule has 2 amide bonds. The number of hydrogen-bond donors (Lipinski definition) is 3. The topological polar surface area (TPSA) is 124 Å². The fraction of sp³-hybridized carbons (Fsp3) is 0.280. The molecule has 4 aromatic rings. The molecule has 0 saturated carbocycles. The minimum atomic E-state index is -4.69. The van der Waals surface area contributed by atoms with E-state index in [4.69, 9.17) is 14.2 Å². The quantitative estimate of drug-likeness (QED) is 0.234. The molecular formula is C25H26F3N7O4. The molecule has 0 aliphatic carbocycles. The minimum absolute atomic E-state index is 0.0509. The number of ether oxygens (including phenoxy) is 3. The summed E-state index contributed by atoms with van der Waals surface area (Å²) in [4.78, 5) is 25.2. The van der Waals surface area contributed by atoms with Crippen molar-refractivity contribution in [3.63, 3.8) is 0 Å². The highest BCUT2D eigenvalue weighted by Gasteiger charge is 2.35. The number of hydrogen-bond acceptors (Lipinski definition) is 8. The first-order valence-corrected chi connectivity index (χ1v) is 11.7. The number of imidazole rings is 1. The van der Waals surface area contributed by atoms with Crippen LogP contribution in [-0.4, -0.2) is 66.1 Å². The predicted molar refractivity (Wildman–Crippen MR) is 138 cm³/mol. The number of nitrogens with zero attached hydrogens (tertiary/aromatic N) is 4. The standard InChI is InChI=1S/C25H26F3N7O4/c1-29-22-21-23(31-14-30-22)35(15-32-21)18-6-3-16(4-7-18)33-24(36)34-17-5-8-20(19(13-17)25(26,27)28)39-12-11-38-10-9-37-2/h3-8,13-15H,9-12H2,1-2H3,(H,29,30,31)(H2,33,34,36). The van der Waals surface area contributed by atoms with Crippen molar-refractivity contribution in [1.29, 1.82) is 0 Å². The van der Waals surface area contributed by atoms with Crippen LogP contribution in [0.2, 0.25) is 0 Å². The maximum absolute atomic E-state index is 13.6. The normalized spacial score (nSPS) is 11.4. The Labute approximate surface area is 221 Å². The van der Waals surface area contributed by atoms with Crippen LogP contribution in [0.5, 0.6) is 5.75 Å². The van der Waals surface area contributed by atoms with Crippen molar-refractivity contribution in [2.75, 3.05) is 56.5 Å². The van der Waals surface area contributed by atoms with Crippen molar-refractivity contribution >= 4 is 34.4 Å². The average Bonchev–Trinajstić information content (AvgIpc) is 3.35. The summed E-state index contributed by atoms with van der Waals surface area (Å²) in [7, 11) is 3.25. The van der Waals surface area contributed by atoms with Crippen molar-refractivity contribution in [2.45, 2.75) is 6.18 Å². The number of rotatable bonds is 11. The lowest BCUT2D eigenvalue weighted by atomic mass is 10.1. The number of fused-ring (bicyclic) bond motifs is 1. The second kappa shape index (κ2) is 12.4. The number of carbonyl (C=O) groups excluding carboxylic acids is 1. The minimum Gasteiger partial charge on any atom is -0.491 e. The fourth-order valence-corrected chi connectivity index (χ4v) is 3.62. The lowest BCUT2D eigenvalue weighted by Gasteiger charge is -2.16. The highest BCUT2D eigenvalue weighted by molar-refractivity contribution is 6.00. The van der Waals surface area contributed by atoms with Gasteiger partial charge in [-0.15, -0.1) is 0 Å². The summed E-state index contributed by atoms with van der Waals surface area (Å²) in [5.41, 5.74) is 1.30. The van der Waals surface area contributed by atoms with Crippen molar-refractivity contribution in [2.24, 2.45) is 0 Å². The number of anilines is 3. The molecule has 0 atom stereocenters. The van der Waals surface area contributed by atoms with E-state index in [9.17, 15) is 18.0 Å². The zero-order valence-corrected chi connectivity index (χ0v) is 21.1. The second-order valence-electron chi connectivity index (χ2n) is 8.05. The lowest BCUT2D eigenvalue weighted by Crippen LogP contribution is -2.20. The first kappa shape index (κ1) is 27.6. The van der Waals surface area contributed by atoms with E-state index in [1.165, 1.54) is 19.5 Å². The van der Waals surface area contributed by atoms with Gasteiger partial charge in [-0.1, -0.05) is 0 Å². The van der Waals surface area contributed by atoms with Gasteiger partial charge in [0, 0.05) is 31.2 Å². The molecule has 2 aromatic carbocycles. The van der Waals surface area contributed by atoms with Crippen LogP contribution in [0.1, 0.15) is 5.56 Å². The van der Waals surface area contributed by atoms with Gasteiger partial charge >= 0.3 is 12.2 Å². The van der Waals surface area contributed by atoms with E-state index >= 15 is 0 Å². The van der Waals surface area contributed by atoms with Gasteiger partial charge in [0.05, 0.1) is 25.4 Å². The van der Waals surface area contributed by atoms with Crippen LogP contribution >= 0.6 is 0 Å². The molecule has 206 valence electrons. The molecule has 39 heavy (non-hydrogen) atoms. The number of methoxy groups -OCH3 is 1. The summed E-state index contributed by atoms with van der Waals surface area (Å²) in [5.74, 6) is 0.229. The molecule has 0 radical (unpaired) electrons. The van der Waals surface area contributed by atoms with Crippen LogP contribution in [0.15, 0.2) is 55.1 Å². The molecular weight excluding hydrogens is 519 g/mol. The molecule has 0 aliphatic rings. The number of alkyl halides is 3. The second-order valence-corrected chi connectivity index (χ2v) is 8.05. The number of urea groups is 1. The number of halogens is 3. The third kappa shape index (κ3) is 6.91. The van der Waals surface area contributed by atoms with Crippen LogP contribution in [0.25, 0.3) is 16.9 Å². The molecule has 14 heteroatoms. The Bertz CT molecular complexity index is 1410. The Hall–Kier alpha value is -4.43. The Morgan fingerprint density at radius 2 is 1.67 bits per heavy atom. The maximum atomic E-state index is 13.6. The van der Waals surface area contributed by atoms with E-state index in [-0.39, 0.29) is 24.7 Å². The Balaban J connectivity index is 1.39. The van der Waals surface area contributed by atoms with Crippen LogP contribution in [0.4, 0.5) is 35.2 Å². The van der Waals surface area contributed by atoms with Gasteiger partial charge in [-0.05, 0) is 42.5 Å². The van der Waals surface area contributed by atoms with E-state index in [1.807, 2.05) is 0 Å². The smallest absolute Gasteiger partial charge is 0.420 e. The zero-order valence-electron chi connectivity index (χ0n) is 21.1. The molecule has 2 heterocycles. The highest BCUT2D eigenvalue weighted by atomic mass is 19.4. The highest BCUT2D eigenvalue weighted by Crippen LogP contribution is 2.38. The van der Waals surface area contributed by atoms with Gasteiger partial charge < -0.3 is 30.2 Å². The van der Waals surface area contributed by atoms with Gasteiger partial charge in [0.1, 0.15) is 25.0 Å². The molecule has 0 bridgehead atoms. The van der Waals surface area contributed by atoms with Crippen molar-refractivity contribution in [1.82, 2.24) is 19.5 Å². The van der Waals surface area contributed by atoms with Crippen molar-refractivity contribution in [3.8, 4) is 11.4 Å². The molecule has 0 aliphatic heterocycles. The zero-order chi connectivity index (χ0) is 27.8. The third-order valence-electron chi connectivity index (χ3n) is 5.43. The van der Waals surface area contributed by atoms with Gasteiger partial charge in [0.25, 0.3) is 0 Å². The molecule has 2 aromatic heterocycles. The van der Waals surface area contributed by atoms with E-state index < -0.39 is 17.8 Å². The van der Waals surface area contributed by atoms with Gasteiger partial charge in [-0.2, -0.15) is 13.2 Å². The van der Waals surface area contributed by atoms with E-state index in [0.717, 1.165) is 17.8 Å². The molecule has 0 spiro atoms. The summed E-state index contributed by atoms with van der Waals surface area (Å²) < 4.78 is 57.9. The van der Waals surface area contributed by atoms with Crippen molar-refractivity contribution in [3.05, 3.63) is 60.7 Å². The van der Waals surface area contributed by atoms with Gasteiger partial charge in [-0.3, -0.25) is 4.57 Å². The van der Waals surface area contributed by atoms with Crippen LogP contribution in [-0.2, 0) is 15.7 Å². The molecule has 0 saturated heterocycles. The Morgan fingerprint density at radius 1 is 0.949 bits per heavy atom. The number of carbonyl (C=O) groups is 1. The average molecular weight is 546 g/mol. The maximum Gasteiger partial charge on any atom is 0.420 e. The largest absolute Gasteiger partial charge is 0.491 e. The summed E-state index contributed by atoms with van der Waals surface area (Å²) in [5, 5.41) is 7.97. The van der Waals surface area contributed by atoms with E-state index in [2.05, 4.69) is 30.9 Å². The monoisotopic (exact) mass is 545 g/mol. The van der Waals surface area contributed by atoms with Gasteiger partial charge in [0.15, 0.2) is 17.0 Å². The summed E-state index contributed by atoms with van der Waals surface area (Å²) in [6.07, 6.45) is -1.66. The summed E-state index contributed by atoms with van der Waals surface area (Å²) in [6, 6.07) is 9.35. The third-order valence-corrected chi connectivity index (χ3v) is 5.43. The SMILES string of the molecule is CNc1ncnc2c1ncn2-c1ccc(NC(=O)Nc2ccc(OCCOCCOC)c(C(F)(F)F)c2)cc1. The number of nitrogens with one attached hydrogen (secondary N) is 3. The molecule has 0 fully saturated rings.